The minimum atomic E-state index is 0.000556. The minimum Gasteiger partial charge on any atom is -0.379 e. The number of benzene rings is 1. The Morgan fingerprint density at radius 2 is 1.95 bits per heavy atom. The lowest BCUT2D eigenvalue weighted by Crippen LogP contribution is -2.31. The maximum absolute atomic E-state index is 6.28. The molecule has 1 aliphatic heterocycles. The third-order valence-electron chi connectivity index (χ3n) is 5.97. The van der Waals surface area contributed by atoms with Crippen molar-refractivity contribution in [1.29, 1.82) is 0 Å². The highest BCUT2D eigenvalue weighted by atomic mass is 35.5. The molecule has 0 bridgehead atoms. The molecule has 1 saturated carbocycles. The van der Waals surface area contributed by atoms with Crippen LogP contribution in [-0.4, -0.2) is 25.8 Å². The molecule has 22 heavy (non-hydrogen) atoms. The lowest BCUT2D eigenvalue weighted by atomic mass is 9.68. The Hall–Kier alpha value is -0.280. The van der Waals surface area contributed by atoms with E-state index in [2.05, 4.69) is 24.4 Å². The van der Waals surface area contributed by atoms with E-state index in [4.69, 9.17) is 27.9 Å². The lowest BCUT2D eigenvalue weighted by molar-refractivity contribution is -0.00859. The molecule has 2 fully saturated rings. The van der Waals surface area contributed by atoms with Gasteiger partial charge in [-0.2, -0.15) is 0 Å². The van der Waals surface area contributed by atoms with E-state index >= 15 is 0 Å². The summed E-state index contributed by atoms with van der Waals surface area (Å²) in [5.74, 6) is 0.522. The number of methoxy groups -OCH3 is 1. The normalized spacial score (nSPS) is 35.7. The van der Waals surface area contributed by atoms with Gasteiger partial charge in [0.15, 0.2) is 0 Å². The molecule has 2 aliphatic rings. The first kappa shape index (κ1) is 16.6. The summed E-state index contributed by atoms with van der Waals surface area (Å²) in [5, 5.41) is 4.89. The van der Waals surface area contributed by atoms with Gasteiger partial charge in [-0.05, 0) is 74.6 Å². The molecule has 1 N–H and O–H groups in total. The number of ether oxygens (including phenoxy) is 1. The number of hydrogen-bond donors (Lipinski definition) is 1. The van der Waals surface area contributed by atoms with Gasteiger partial charge in [-0.15, -0.1) is 0 Å². The zero-order chi connectivity index (χ0) is 15.8. The lowest BCUT2D eigenvalue weighted by Gasteiger charge is -2.36. The Morgan fingerprint density at radius 3 is 2.59 bits per heavy atom. The van der Waals surface area contributed by atoms with Crippen molar-refractivity contribution in [2.45, 2.75) is 50.5 Å². The first-order chi connectivity index (χ1) is 10.5. The second-order valence-corrected chi connectivity index (χ2v) is 8.02. The standard InChI is InChI=1S/C18H25Cl2NO/c1-17(22-2)6-5-14(13-3-4-15(19)16(20)11-13)18(8-7-17)9-10-21-12-18/h3-4,11,14,21H,5-10,12H2,1-2H3. The largest absolute Gasteiger partial charge is 0.379 e. The van der Waals surface area contributed by atoms with E-state index in [1.54, 1.807) is 0 Å². The van der Waals surface area contributed by atoms with Crippen molar-refractivity contribution < 1.29 is 4.74 Å². The average molecular weight is 342 g/mol. The van der Waals surface area contributed by atoms with Gasteiger partial charge in [0.25, 0.3) is 0 Å². The summed E-state index contributed by atoms with van der Waals surface area (Å²) in [6.45, 7) is 4.46. The molecule has 1 spiro atoms. The molecular formula is C18H25Cl2NO. The Kier molecular flexibility index (Phi) is 4.76. The first-order valence-electron chi connectivity index (χ1n) is 8.19. The smallest absolute Gasteiger partial charge is 0.0651 e. The summed E-state index contributed by atoms with van der Waals surface area (Å²) >= 11 is 12.4. The van der Waals surface area contributed by atoms with Crippen molar-refractivity contribution in [3.8, 4) is 0 Å². The summed E-state index contributed by atoms with van der Waals surface area (Å²) in [7, 11) is 1.85. The van der Waals surface area contributed by atoms with Crippen LogP contribution in [0.3, 0.4) is 0 Å². The van der Waals surface area contributed by atoms with Crippen molar-refractivity contribution in [1.82, 2.24) is 5.32 Å². The molecule has 1 heterocycles. The van der Waals surface area contributed by atoms with Crippen molar-refractivity contribution in [3.05, 3.63) is 33.8 Å². The van der Waals surface area contributed by atoms with E-state index in [0.29, 0.717) is 21.4 Å². The Morgan fingerprint density at radius 1 is 1.14 bits per heavy atom. The highest BCUT2D eigenvalue weighted by Crippen LogP contribution is 2.52. The van der Waals surface area contributed by atoms with Crippen LogP contribution in [0.5, 0.6) is 0 Å². The Bertz CT molecular complexity index is 542. The fourth-order valence-corrected chi connectivity index (χ4v) is 4.60. The molecule has 4 heteroatoms. The minimum absolute atomic E-state index is 0.000556. The van der Waals surface area contributed by atoms with Crippen molar-refractivity contribution in [2.75, 3.05) is 20.2 Å². The summed E-state index contributed by atoms with van der Waals surface area (Å²) < 4.78 is 5.82. The van der Waals surface area contributed by atoms with Gasteiger partial charge in [0, 0.05) is 13.7 Å². The van der Waals surface area contributed by atoms with E-state index in [-0.39, 0.29) is 5.60 Å². The molecule has 0 amide bonds. The maximum atomic E-state index is 6.28. The summed E-state index contributed by atoms with van der Waals surface area (Å²) in [6, 6.07) is 6.17. The fourth-order valence-electron chi connectivity index (χ4n) is 4.30. The van der Waals surface area contributed by atoms with Crippen molar-refractivity contribution in [3.63, 3.8) is 0 Å². The van der Waals surface area contributed by atoms with Crippen LogP contribution in [0.25, 0.3) is 0 Å². The SMILES string of the molecule is COC1(C)CCC(c2ccc(Cl)c(Cl)c2)C2(CCNC2)CC1. The van der Waals surface area contributed by atoms with E-state index < -0.39 is 0 Å². The van der Waals surface area contributed by atoms with Crippen LogP contribution in [0, 0.1) is 5.41 Å². The van der Waals surface area contributed by atoms with Gasteiger partial charge < -0.3 is 10.1 Å². The molecule has 2 nitrogen and oxygen atoms in total. The molecule has 3 atom stereocenters. The van der Waals surface area contributed by atoms with Gasteiger partial charge in [0.1, 0.15) is 0 Å². The second-order valence-electron chi connectivity index (χ2n) is 7.21. The van der Waals surface area contributed by atoms with Crippen LogP contribution >= 0.6 is 23.2 Å². The van der Waals surface area contributed by atoms with Gasteiger partial charge in [-0.3, -0.25) is 0 Å². The predicted molar refractivity (Wildman–Crippen MR) is 93.0 cm³/mol. The summed E-state index contributed by atoms with van der Waals surface area (Å²) in [5.41, 5.74) is 1.66. The topological polar surface area (TPSA) is 21.3 Å². The van der Waals surface area contributed by atoms with Gasteiger partial charge >= 0.3 is 0 Å². The fraction of sp³-hybridized carbons (Fsp3) is 0.667. The zero-order valence-electron chi connectivity index (χ0n) is 13.4. The Labute approximate surface area is 143 Å². The highest BCUT2D eigenvalue weighted by molar-refractivity contribution is 6.42. The quantitative estimate of drug-likeness (QED) is 0.813. The molecule has 1 aromatic rings. The predicted octanol–water partition coefficient (Wildman–Crippen LogP) is 5.04. The van der Waals surface area contributed by atoms with Crippen LogP contribution in [0.2, 0.25) is 10.0 Å². The molecule has 1 aromatic carbocycles. The van der Waals surface area contributed by atoms with E-state index in [1.165, 1.54) is 18.4 Å². The third-order valence-corrected chi connectivity index (χ3v) is 6.71. The molecule has 0 aromatic heterocycles. The van der Waals surface area contributed by atoms with Gasteiger partial charge in [-0.1, -0.05) is 29.3 Å². The monoisotopic (exact) mass is 341 g/mol. The van der Waals surface area contributed by atoms with Crippen LogP contribution in [-0.2, 0) is 4.74 Å². The van der Waals surface area contributed by atoms with E-state index in [1.807, 2.05) is 13.2 Å². The van der Waals surface area contributed by atoms with Crippen LogP contribution in [0.4, 0.5) is 0 Å². The molecule has 3 unspecified atom stereocenters. The van der Waals surface area contributed by atoms with E-state index in [9.17, 15) is 0 Å². The average Bonchev–Trinajstić information content (AvgIpc) is 2.93. The van der Waals surface area contributed by atoms with Crippen molar-refractivity contribution >= 4 is 23.2 Å². The zero-order valence-corrected chi connectivity index (χ0v) is 14.9. The summed E-state index contributed by atoms with van der Waals surface area (Å²) in [4.78, 5) is 0. The van der Waals surface area contributed by atoms with Gasteiger partial charge in [0.2, 0.25) is 0 Å². The maximum Gasteiger partial charge on any atom is 0.0651 e. The van der Waals surface area contributed by atoms with E-state index in [0.717, 1.165) is 32.4 Å². The first-order valence-corrected chi connectivity index (χ1v) is 8.94. The van der Waals surface area contributed by atoms with Crippen LogP contribution in [0.15, 0.2) is 18.2 Å². The molecule has 1 aliphatic carbocycles. The molecule has 122 valence electrons. The highest BCUT2D eigenvalue weighted by Gasteiger charge is 2.46. The number of nitrogens with one attached hydrogen (secondary N) is 1. The second kappa shape index (κ2) is 6.32. The van der Waals surface area contributed by atoms with Crippen LogP contribution < -0.4 is 5.32 Å². The summed E-state index contributed by atoms with van der Waals surface area (Å²) in [6.07, 6.45) is 5.80. The molecular weight excluding hydrogens is 317 g/mol. The molecule has 0 radical (unpaired) electrons. The Balaban J connectivity index is 1.96. The molecule has 3 rings (SSSR count). The van der Waals surface area contributed by atoms with Gasteiger partial charge in [0.05, 0.1) is 15.6 Å². The number of halogens is 2. The molecule has 1 saturated heterocycles. The van der Waals surface area contributed by atoms with Crippen LogP contribution in [0.1, 0.15) is 50.5 Å². The number of hydrogen-bond acceptors (Lipinski definition) is 2. The number of rotatable bonds is 2. The van der Waals surface area contributed by atoms with Gasteiger partial charge in [-0.25, -0.2) is 0 Å². The van der Waals surface area contributed by atoms with Crippen molar-refractivity contribution in [2.24, 2.45) is 5.41 Å². The third kappa shape index (κ3) is 3.03.